The fourth-order valence-corrected chi connectivity index (χ4v) is 2.01. The number of allylic oxidation sites excluding steroid dienone is 2. The number of hydrogen-bond donors (Lipinski definition) is 3. The number of aliphatic carboxylic acids is 1. The summed E-state index contributed by atoms with van der Waals surface area (Å²) in [5.74, 6) is -2.61. The number of hydrogen-bond acceptors (Lipinski definition) is 5. The second-order valence-corrected chi connectivity index (χ2v) is 5.82. The van der Waals surface area contributed by atoms with Crippen molar-refractivity contribution in [2.75, 3.05) is 13.1 Å². The van der Waals surface area contributed by atoms with Gasteiger partial charge in [-0.25, -0.2) is 4.79 Å². The fraction of sp³-hybridized carbons (Fsp3) is 0.643. The predicted octanol–water partition coefficient (Wildman–Crippen LogP) is 2.24. The highest BCUT2D eigenvalue weighted by molar-refractivity contribution is 6.22. The lowest BCUT2D eigenvalue weighted by molar-refractivity contribution is -0.192. The molecule has 6 nitrogen and oxygen atoms in total. The van der Waals surface area contributed by atoms with Gasteiger partial charge < -0.3 is 15.9 Å². The number of aliphatic hydroxyl groups excluding tert-OH is 1. The van der Waals surface area contributed by atoms with Crippen molar-refractivity contribution >= 4 is 17.5 Å². The third-order valence-electron chi connectivity index (χ3n) is 2.93. The Bertz CT molecular complexity index is 523. The van der Waals surface area contributed by atoms with E-state index in [4.69, 9.17) is 15.6 Å². The molecule has 132 valence electrons. The minimum Gasteiger partial charge on any atom is -0.511 e. The van der Waals surface area contributed by atoms with Gasteiger partial charge in [0.25, 0.3) is 0 Å². The van der Waals surface area contributed by atoms with Gasteiger partial charge in [-0.3, -0.25) is 9.79 Å². The van der Waals surface area contributed by atoms with E-state index in [1.807, 2.05) is 13.8 Å². The Balaban J connectivity index is 0.000000585. The van der Waals surface area contributed by atoms with Crippen molar-refractivity contribution in [1.29, 1.82) is 0 Å². The Morgan fingerprint density at radius 3 is 2.17 bits per heavy atom. The normalized spacial score (nSPS) is 18.4. The molecule has 0 saturated carbocycles. The molecule has 1 aliphatic rings. The summed E-state index contributed by atoms with van der Waals surface area (Å²) in [6.07, 6.45) is -4.09. The van der Waals surface area contributed by atoms with E-state index in [0.717, 1.165) is 0 Å². The van der Waals surface area contributed by atoms with Crippen LogP contribution in [0.15, 0.2) is 16.3 Å². The number of alkyl halides is 3. The number of aliphatic hydroxyl groups is 1. The number of carbonyl (C=O) groups is 2. The molecule has 0 aromatic rings. The molecule has 0 unspecified atom stereocenters. The van der Waals surface area contributed by atoms with Crippen molar-refractivity contribution in [2.45, 2.75) is 39.8 Å². The van der Waals surface area contributed by atoms with Crippen molar-refractivity contribution in [1.82, 2.24) is 0 Å². The van der Waals surface area contributed by atoms with Gasteiger partial charge in [0.1, 0.15) is 5.76 Å². The zero-order valence-corrected chi connectivity index (χ0v) is 13.2. The molecule has 0 bridgehead atoms. The Hall–Kier alpha value is -1.90. The molecule has 0 fully saturated rings. The summed E-state index contributed by atoms with van der Waals surface area (Å²) in [4.78, 5) is 25.0. The monoisotopic (exact) mass is 338 g/mol. The van der Waals surface area contributed by atoms with Crippen LogP contribution in [0.1, 0.15) is 33.6 Å². The van der Waals surface area contributed by atoms with E-state index in [-0.39, 0.29) is 17.0 Å². The van der Waals surface area contributed by atoms with Gasteiger partial charge in [-0.2, -0.15) is 13.2 Å². The van der Waals surface area contributed by atoms with Crippen LogP contribution in [0.25, 0.3) is 0 Å². The molecule has 9 heteroatoms. The van der Waals surface area contributed by atoms with Crippen LogP contribution in [0.2, 0.25) is 0 Å². The van der Waals surface area contributed by atoms with Gasteiger partial charge in [-0.05, 0) is 12.3 Å². The van der Waals surface area contributed by atoms with Gasteiger partial charge in [0.15, 0.2) is 5.78 Å². The number of rotatable bonds is 3. The van der Waals surface area contributed by atoms with E-state index in [9.17, 15) is 23.1 Å². The molecule has 0 aromatic heterocycles. The van der Waals surface area contributed by atoms with E-state index in [2.05, 4.69) is 4.99 Å². The van der Waals surface area contributed by atoms with E-state index in [1.54, 1.807) is 6.92 Å². The van der Waals surface area contributed by atoms with Crippen molar-refractivity contribution in [3.63, 3.8) is 0 Å². The predicted molar refractivity (Wildman–Crippen MR) is 78.4 cm³/mol. The second-order valence-electron chi connectivity index (χ2n) is 5.82. The molecule has 23 heavy (non-hydrogen) atoms. The number of aliphatic imine (C=N–C) groups is 1. The zero-order chi connectivity index (χ0) is 18.4. The van der Waals surface area contributed by atoms with Gasteiger partial charge >= 0.3 is 12.1 Å². The number of carboxylic acids is 1. The average Bonchev–Trinajstić information content (AvgIpc) is 2.33. The van der Waals surface area contributed by atoms with Crippen molar-refractivity contribution in [2.24, 2.45) is 16.1 Å². The van der Waals surface area contributed by atoms with Gasteiger partial charge in [0.2, 0.25) is 0 Å². The molecule has 0 saturated heterocycles. The molecule has 0 radical (unpaired) electrons. The summed E-state index contributed by atoms with van der Waals surface area (Å²) < 4.78 is 31.7. The quantitative estimate of drug-likeness (QED) is 0.683. The zero-order valence-electron chi connectivity index (χ0n) is 13.2. The maximum absolute atomic E-state index is 11.9. The molecule has 4 N–H and O–H groups in total. The minimum absolute atomic E-state index is 0.0213. The molecule has 0 heterocycles. The standard InChI is InChI=1S/C12H20N2O2.C2HF3O2/c1-8(14-5-4-13)11-9(15)6-12(2,3)7-10(11)16;3-2(4,5)1(6)7/h15H,4-7,13H2,1-3H3;(H,6,7). The first kappa shape index (κ1) is 21.1. The summed E-state index contributed by atoms with van der Waals surface area (Å²) in [5.41, 5.74) is 6.19. The van der Waals surface area contributed by atoms with Crippen LogP contribution in [0.5, 0.6) is 0 Å². The van der Waals surface area contributed by atoms with Crippen LogP contribution in [0, 0.1) is 5.41 Å². The summed E-state index contributed by atoms with van der Waals surface area (Å²) in [7, 11) is 0. The third-order valence-corrected chi connectivity index (χ3v) is 2.93. The van der Waals surface area contributed by atoms with Crippen LogP contribution >= 0.6 is 0 Å². The fourth-order valence-electron chi connectivity index (χ4n) is 2.01. The Morgan fingerprint density at radius 2 is 1.83 bits per heavy atom. The third kappa shape index (κ3) is 7.27. The Morgan fingerprint density at radius 1 is 1.35 bits per heavy atom. The van der Waals surface area contributed by atoms with Gasteiger partial charge in [0, 0.05) is 25.1 Å². The largest absolute Gasteiger partial charge is 0.511 e. The first-order chi connectivity index (χ1) is 10.3. The highest BCUT2D eigenvalue weighted by Crippen LogP contribution is 2.36. The van der Waals surface area contributed by atoms with Gasteiger partial charge in [0.05, 0.1) is 12.1 Å². The molecule has 0 spiro atoms. The molecule has 0 amide bonds. The number of halogens is 3. The van der Waals surface area contributed by atoms with Crippen molar-refractivity contribution in [3.05, 3.63) is 11.3 Å². The van der Waals surface area contributed by atoms with Crippen LogP contribution in [-0.2, 0) is 9.59 Å². The molecule has 1 aliphatic carbocycles. The molecule has 0 atom stereocenters. The minimum atomic E-state index is -5.08. The highest BCUT2D eigenvalue weighted by atomic mass is 19.4. The number of carbonyl (C=O) groups excluding carboxylic acids is 1. The van der Waals surface area contributed by atoms with E-state index < -0.39 is 12.1 Å². The average molecular weight is 338 g/mol. The number of carboxylic acid groups (broad SMARTS) is 1. The van der Waals surface area contributed by atoms with Gasteiger partial charge in [-0.1, -0.05) is 13.8 Å². The first-order valence-corrected chi connectivity index (χ1v) is 6.78. The van der Waals surface area contributed by atoms with Crippen molar-refractivity contribution in [3.8, 4) is 0 Å². The smallest absolute Gasteiger partial charge is 0.490 e. The number of ketones is 1. The highest BCUT2D eigenvalue weighted by Gasteiger charge is 2.38. The maximum Gasteiger partial charge on any atom is 0.490 e. The number of Topliss-reactive ketones (excluding diaryl/α,β-unsaturated/α-hetero) is 1. The topological polar surface area (TPSA) is 113 Å². The van der Waals surface area contributed by atoms with Crippen LogP contribution in [0.3, 0.4) is 0 Å². The van der Waals surface area contributed by atoms with E-state index in [0.29, 0.717) is 37.2 Å². The van der Waals surface area contributed by atoms with Crippen LogP contribution in [0.4, 0.5) is 13.2 Å². The summed E-state index contributed by atoms with van der Waals surface area (Å²) in [5, 5.41) is 17.0. The Labute approximate surface area is 131 Å². The first-order valence-electron chi connectivity index (χ1n) is 6.78. The maximum atomic E-state index is 11.9. The van der Waals surface area contributed by atoms with Crippen LogP contribution < -0.4 is 5.73 Å². The molecular formula is C14H21F3N2O4. The number of nitrogens with two attached hydrogens (primary N) is 1. The number of nitrogens with zero attached hydrogens (tertiary/aromatic N) is 1. The van der Waals surface area contributed by atoms with Crippen molar-refractivity contribution < 1.29 is 33.0 Å². The lowest BCUT2D eigenvalue weighted by Gasteiger charge is -2.29. The molecule has 0 aromatic carbocycles. The lowest BCUT2D eigenvalue weighted by atomic mass is 9.76. The SMILES string of the molecule is CC(=NCCN)C1=C(O)CC(C)(C)CC1=O.O=C(O)C(F)(F)F. The van der Waals surface area contributed by atoms with E-state index in [1.165, 1.54) is 0 Å². The van der Waals surface area contributed by atoms with Crippen LogP contribution in [-0.4, -0.2) is 46.9 Å². The molecule has 1 rings (SSSR count). The van der Waals surface area contributed by atoms with Gasteiger partial charge in [-0.15, -0.1) is 0 Å². The second kappa shape index (κ2) is 8.09. The Kier molecular flexibility index (Phi) is 7.42. The summed E-state index contributed by atoms with van der Waals surface area (Å²) in [6, 6.07) is 0. The molecular weight excluding hydrogens is 317 g/mol. The summed E-state index contributed by atoms with van der Waals surface area (Å²) >= 11 is 0. The molecule has 0 aliphatic heterocycles. The summed E-state index contributed by atoms with van der Waals surface area (Å²) in [6.45, 7) is 6.64. The van der Waals surface area contributed by atoms with E-state index >= 15 is 0 Å². The lowest BCUT2D eigenvalue weighted by Crippen LogP contribution is -2.28.